The van der Waals surface area contributed by atoms with E-state index in [4.69, 9.17) is 50.8 Å². The molecule has 0 aromatic heterocycles. The summed E-state index contributed by atoms with van der Waals surface area (Å²) in [6.45, 7) is -1.99. The molecule has 4 N–H and O–H groups in total. The van der Waals surface area contributed by atoms with Crippen LogP contribution < -0.4 is 0 Å². The normalized spacial score (nSPS) is 19.2. The van der Waals surface area contributed by atoms with Crippen LogP contribution in [0, 0.1) is 12.3 Å². The smallest absolute Gasteiger partial charge is 0.383 e. The molecule has 2 unspecified atom stereocenters. The maximum absolute atomic E-state index is 10.7. The molecule has 0 saturated heterocycles. The maximum atomic E-state index is 10.7. The molecule has 0 aliphatic rings. The molecule has 0 aromatic carbocycles. The molecule has 30 heavy (non-hydrogen) atoms. The van der Waals surface area contributed by atoms with Crippen molar-refractivity contribution in [2.45, 2.75) is 56.7 Å². The van der Waals surface area contributed by atoms with E-state index >= 15 is 0 Å². The third kappa shape index (κ3) is 27.1. The Morgan fingerprint density at radius 2 is 1.13 bits per heavy atom. The Kier molecular flexibility index (Phi) is 11.4. The van der Waals surface area contributed by atoms with E-state index in [9.17, 15) is 31.1 Å². The number of Topliss-reactive ketones (excluding diaryl/α,β-unsaturated/α-hetero) is 1. The number of aliphatic hydroxyl groups is 2. The van der Waals surface area contributed by atoms with Crippen molar-refractivity contribution in [2.75, 3.05) is 0 Å². The molecule has 2 atom stereocenters. The minimum atomic E-state index is -5.84. The fourth-order valence-electron chi connectivity index (χ4n) is 0. The number of carbonyl (C=O) groups is 1. The molecule has 1 radical (unpaired) electrons. The third-order valence-corrected chi connectivity index (χ3v) is 2.72. The molecule has 187 valence electrons. The van der Waals surface area contributed by atoms with E-state index in [0.29, 0.717) is 0 Å². The quantitative estimate of drug-likeness (QED) is 0.123. The zero-order chi connectivity index (χ0) is 30.3. The van der Waals surface area contributed by atoms with Crippen molar-refractivity contribution in [3.05, 3.63) is 0 Å². The van der Waals surface area contributed by atoms with Crippen molar-refractivity contribution >= 4 is 26.0 Å². The third-order valence-electron chi connectivity index (χ3n) is 1.55. The van der Waals surface area contributed by atoms with Gasteiger partial charge in [-0.05, 0) is 34.5 Å². The van der Waals surface area contributed by atoms with Crippen LogP contribution in [0.1, 0.15) is 42.7 Å². The Hall–Kier alpha value is -0.931. The summed E-state index contributed by atoms with van der Waals surface area (Å²) in [7, 11) is -11.7. The van der Waals surface area contributed by atoms with E-state index in [1.807, 2.05) is 0 Å². The van der Waals surface area contributed by atoms with Crippen molar-refractivity contribution < 1.29 is 92.6 Å². The Labute approximate surface area is 188 Å². The average molecular weight is 556 g/mol. The largest absolute Gasteiger partial charge is 0.522 e. The number of rotatable bonds is 1. The van der Waals surface area contributed by atoms with Crippen LogP contribution in [-0.4, -0.2) is 64.2 Å². The molecule has 0 aliphatic carbocycles. The number of alkyl halides is 6. The van der Waals surface area contributed by atoms with E-state index in [-0.39, 0.29) is 17.1 Å². The molecule has 0 rings (SSSR count). The van der Waals surface area contributed by atoms with Gasteiger partial charge < -0.3 is 10.2 Å². The second-order valence-corrected chi connectivity index (χ2v) is 7.51. The van der Waals surface area contributed by atoms with Gasteiger partial charge in [-0.1, -0.05) is 5.92 Å². The van der Waals surface area contributed by atoms with Gasteiger partial charge in [-0.2, -0.15) is 43.2 Å². The summed E-state index contributed by atoms with van der Waals surface area (Å²) in [5, 5.41) is 17.9. The van der Waals surface area contributed by atoms with Gasteiger partial charge in [0, 0.05) is 25.3 Å². The van der Waals surface area contributed by atoms with Gasteiger partial charge in [0.1, 0.15) is 11.2 Å². The van der Waals surface area contributed by atoms with Gasteiger partial charge in [0.2, 0.25) is 0 Å². The molecular formula is C12H20CuF6O9S2. The van der Waals surface area contributed by atoms with Crippen LogP contribution in [0.5, 0.6) is 0 Å². The van der Waals surface area contributed by atoms with Crippen molar-refractivity contribution in [1.29, 1.82) is 0 Å². The topological polar surface area (TPSA) is 166 Å². The van der Waals surface area contributed by atoms with Crippen LogP contribution in [0.2, 0.25) is 0 Å². The molecule has 0 amide bonds. The van der Waals surface area contributed by atoms with Gasteiger partial charge in [0.25, 0.3) is 0 Å². The summed E-state index contributed by atoms with van der Waals surface area (Å²) in [6, 6.07) is 0. The van der Waals surface area contributed by atoms with E-state index < -0.39 is 61.9 Å². The van der Waals surface area contributed by atoms with Crippen LogP contribution in [0.25, 0.3) is 0 Å². The van der Waals surface area contributed by atoms with Crippen LogP contribution in [0.3, 0.4) is 0 Å². The van der Waals surface area contributed by atoms with Crippen molar-refractivity contribution in [1.82, 2.24) is 0 Å². The van der Waals surface area contributed by atoms with Gasteiger partial charge in [0.05, 0.1) is 0 Å². The molecule has 0 aromatic rings. The Morgan fingerprint density at radius 1 is 0.900 bits per heavy atom. The SMILES string of the molecule is O=S(=O)(O)C(F)(F)F.O=S(=O)(O)C(F)(F)F.[2H]C([2H])([2H])C(C)(O)C#C.[2H]C([2H])([2H])C(C)(O)C(C)=O.[Cu]. The zero-order valence-corrected chi connectivity index (χ0v) is 17.4. The Balaban J connectivity index is -0.000000118. The van der Waals surface area contributed by atoms with Crippen LogP contribution >= 0.6 is 0 Å². The van der Waals surface area contributed by atoms with Gasteiger partial charge in [-0.15, -0.1) is 6.42 Å². The van der Waals surface area contributed by atoms with Gasteiger partial charge >= 0.3 is 31.3 Å². The molecule has 0 heterocycles. The predicted molar refractivity (Wildman–Crippen MR) is 87.3 cm³/mol. The van der Waals surface area contributed by atoms with Crippen molar-refractivity contribution in [3.63, 3.8) is 0 Å². The minimum absolute atomic E-state index is 0. The molecule has 18 heteroatoms. The second-order valence-electron chi connectivity index (χ2n) is 4.69. The number of terminal acetylenes is 1. The molecule has 0 aliphatic heterocycles. The van der Waals surface area contributed by atoms with Gasteiger partial charge in [-0.3, -0.25) is 13.9 Å². The van der Waals surface area contributed by atoms with Crippen LogP contribution in [0.15, 0.2) is 0 Å². The first kappa shape index (κ1) is 25.3. The van der Waals surface area contributed by atoms with E-state index in [1.165, 1.54) is 0 Å². The zero-order valence-electron chi connectivity index (χ0n) is 20.8. The van der Waals surface area contributed by atoms with Crippen LogP contribution in [0.4, 0.5) is 26.3 Å². The summed E-state index contributed by atoms with van der Waals surface area (Å²) >= 11 is 0. The molecule has 0 spiro atoms. The summed E-state index contributed by atoms with van der Waals surface area (Å²) < 4.78 is 155. The van der Waals surface area contributed by atoms with Crippen molar-refractivity contribution in [2.24, 2.45) is 0 Å². The minimum Gasteiger partial charge on any atom is -0.383 e. The summed E-state index contributed by atoms with van der Waals surface area (Å²) in [4.78, 5) is 10.5. The van der Waals surface area contributed by atoms with Gasteiger partial charge in [0.15, 0.2) is 5.78 Å². The fraction of sp³-hybridized carbons (Fsp3) is 0.750. The monoisotopic (exact) mass is 555 g/mol. The first-order chi connectivity index (χ1) is 14.5. The summed E-state index contributed by atoms with van der Waals surface area (Å²) in [6.07, 6.45) is 4.73. The van der Waals surface area contributed by atoms with Crippen LogP contribution in [-0.2, 0) is 42.1 Å². The van der Waals surface area contributed by atoms with E-state index in [0.717, 1.165) is 20.8 Å². The number of ketones is 1. The molecule has 9 nitrogen and oxygen atoms in total. The number of hydrogen-bond acceptors (Lipinski definition) is 7. The Morgan fingerprint density at radius 3 is 1.13 bits per heavy atom. The fourth-order valence-corrected chi connectivity index (χ4v) is 0. The maximum Gasteiger partial charge on any atom is 0.522 e. The van der Waals surface area contributed by atoms with Crippen molar-refractivity contribution in [3.8, 4) is 12.3 Å². The standard InChI is InChI=1S/C5H10O2.C5H8O.2CHF3O3S.Cu/c1-4(6)5(2,3)7;1-4-5(2,3)6;2*2-1(3,4)8(5,6)7;/h7H,1-3H3;1,6H,2-3H3;2*(H,5,6,7);/i2*2D3;;;. The second kappa shape index (κ2) is 13.5. The number of hydrogen-bond donors (Lipinski definition) is 4. The predicted octanol–water partition coefficient (Wildman–Crippen LogP) is 1.52. The molecule has 0 saturated carbocycles. The molecule has 0 fully saturated rings. The van der Waals surface area contributed by atoms with Gasteiger partial charge in [-0.25, -0.2) is 0 Å². The molecule has 0 bridgehead atoms. The number of carbonyl (C=O) groups excluding carboxylic acids is 1. The first-order valence-electron chi connectivity index (χ1n) is 9.01. The first-order valence-corrected chi connectivity index (χ1v) is 8.89. The van der Waals surface area contributed by atoms with E-state index in [1.54, 1.807) is 5.92 Å². The summed E-state index contributed by atoms with van der Waals surface area (Å²) in [5.74, 6) is 1.03. The summed E-state index contributed by atoms with van der Waals surface area (Å²) in [5.41, 5.74) is -15.3. The molecular weight excluding hydrogens is 530 g/mol. The average Bonchev–Trinajstić information content (AvgIpc) is 2.50. The van der Waals surface area contributed by atoms with E-state index in [2.05, 4.69) is 0 Å². The number of halogens is 6. The Bertz CT molecular complexity index is 909.